The molecule has 0 saturated carbocycles. The molecule has 0 fully saturated rings. The first-order chi connectivity index (χ1) is 6.68. The van der Waals surface area contributed by atoms with Gasteiger partial charge in [-0.2, -0.15) is 0 Å². The third-order valence-corrected chi connectivity index (χ3v) is 1.10. The molecule has 80 valence electrons. The van der Waals surface area contributed by atoms with E-state index in [0.717, 1.165) is 0 Å². The Morgan fingerprint density at radius 2 is 1.86 bits per heavy atom. The number of esters is 1. The zero-order valence-corrected chi connectivity index (χ0v) is 7.60. The van der Waals surface area contributed by atoms with Crippen LogP contribution in [0.3, 0.4) is 0 Å². The highest BCUT2D eigenvalue weighted by Gasteiger charge is 2.11. The summed E-state index contributed by atoms with van der Waals surface area (Å²) in [7, 11) is 0. The topological polar surface area (TPSA) is 82.1 Å². The average molecular weight is 204 g/mol. The lowest BCUT2D eigenvalue weighted by Gasteiger charge is -2.03. The lowest BCUT2D eigenvalue weighted by atomic mass is 10.7. The van der Waals surface area contributed by atoms with Crippen LogP contribution < -0.4 is 0 Å². The average Bonchev–Trinajstić information content (AvgIpc) is 2.16. The van der Waals surface area contributed by atoms with Gasteiger partial charge in [-0.1, -0.05) is 6.58 Å². The molecule has 0 heterocycles. The minimum Gasteiger partial charge on any atom is -0.499 e. The summed E-state index contributed by atoms with van der Waals surface area (Å²) in [5.74, 6) is -2.89. The summed E-state index contributed by atoms with van der Waals surface area (Å²) in [6, 6.07) is 0. The molecule has 0 aliphatic carbocycles. The second-order valence-electron chi connectivity index (χ2n) is 2.09. The molecule has 0 aliphatic rings. The van der Waals surface area contributed by atoms with E-state index in [1.165, 1.54) is 6.26 Å². The van der Waals surface area contributed by atoms with Gasteiger partial charge < -0.3 is 19.3 Å². The Kier molecular flexibility index (Phi) is 7.16. The van der Waals surface area contributed by atoms with E-state index in [1.807, 2.05) is 0 Å². The molecule has 0 rings (SSSR count). The molecule has 0 bridgehead atoms. The Morgan fingerprint density at radius 3 is 2.43 bits per heavy atom. The SMILES string of the molecule is C=COCCOCCOC(=O)C(=O)O. The summed E-state index contributed by atoms with van der Waals surface area (Å²) in [5.41, 5.74) is 0. The normalized spacial score (nSPS) is 9.14. The summed E-state index contributed by atoms with van der Waals surface area (Å²) in [4.78, 5) is 20.3. The maximum absolute atomic E-state index is 10.4. The third-order valence-electron chi connectivity index (χ3n) is 1.10. The van der Waals surface area contributed by atoms with E-state index in [4.69, 9.17) is 14.6 Å². The van der Waals surface area contributed by atoms with Gasteiger partial charge in [-0.3, -0.25) is 0 Å². The Morgan fingerprint density at radius 1 is 1.21 bits per heavy atom. The Balaban J connectivity index is 3.17. The van der Waals surface area contributed by atoms with Gasteiger partial charge in [0.2, 0.25) is 0 Å². The highest BCUT2D eigenvalue weighted by Crippen LogP contribution is 1.82. The minimum atomic E-state index is -1.61. The maximum atomic E-state index is 10.4. The molecule has 6 heteroatoms. The van der Waals surface area contributed by atoms with Crippen molar-refractivity contribution in [1.29, 1.82) is 0 Å². The highest BCUT2D eigenvalue weighted by molar-refractivity contribution is 6.28. The number of hydrogen-bond donors (Lipinski definition) is 1. The predicted molar refractivity (Wildman–Crippen MR) is 45.6 cm³/mol. The second kappa shape index (κ2) is 8.06. The number of carboxylic acid groups (broad SMARTS) is 1. The summed E-state index contributed by atoms with van der Waals surface area (Å²) < 4.78 is 13.9. The first kappa shape index (κ1) is 12.4. The quantitative estimate of drug-likeness (QED) is 0.267. The van der Waals surface area contributed by atoms with Gasteiger partial charge in [0.15, 0.2) is 0 Å². The standard InChI is InChI=1S/C8H12O6/c1-2-12-3-4-13-5-6-14-8(11)7(9)10/h2H,1,3-6H2,(H,9,10). The fraction of sp³-hybridized carbons (Fsp3) is 0.500. The van der Waals surface area contributed by atoms with E-state index in [1.54, 1.807) is 0 Å². The van der Waals surface area contributed by atoms with E-state index in [0.29, 0.717) is 13.2 Å². The van der Waals surface area contributed by atoms with E-state index < -0.39 is 11.9 Å². The molecular formula is C8H12O6. The molecule has 0 aromatic carbocycles. The first-order valence-corrected chi connectivity index (χ1v) is 3.88. The Bertz CT molecular complexity index is 200. The molecule has 0 aromatic rings. The summed E-state index contributed by atoms with van der Waals surface area (Å²) in [6.45, 7) is 4.07. The number of hydrogen-bond acceptors (Lipinski definition) is 5. The van der Waals surface area contributed by atoms with Gasteiger partial charge in [-0.15, -0.1) is 0 Å². The van der Waals surface area contributed by atoms with Crippen LogP contribution in [0.5, 0.6) is 0 Å². The molecule has 0 aliphatic heterocycles. The van der Waals surface area contributed by atoms with Crippen LogP contribution in [0.15, 0.2) is 12.8 Å². The molecule has 1 N–H and O–H groups in total. The highest BCUT2D eigenvalue weighted by atomic mass is 16.6. The number of ether oxygens (including phenoxy) is 3. The third kappa shape index (κ3) is 7.11. The van der Waals surface area contributed by atoms with Crippen molar-refractivity contribution in [3.05, 3.63) is 12.8 Å². The van der Waals surface area contributed by atoms with Crippen LogP contribution in [-0.4, -0.2) is 43.5 Å². The molecule has 14 heavy (non-hydrogen) atoms. The van der Waals surface area contributed by atoms with Crippen molar-refractivity contribution in [2.45, 2.75) is 0 Å². The number of carboxylic acids is 1. The van der Waals surface area contributed by atoms with Crippen molar-refractivity contribution < 1.29 is 28.9 Å². The number of rotatable bonds is 7. The van der Waals surface area contributed by atoms with E-state index in [-0.39, 0.29) is 13.2 Å². The van der Waals surface area contributed by atoms with Crippen LogP contribution in [0.4, 0.5) is 0 Å². The van der Waals surface area contributed by atoms with Gasteiger partial charge in [-0.05, 0) is 0 Å². The molecule has 0 amide bonds. The number of aliphatic carboxylic acids is 1. The van der Waals surface area contributed by atoms with Gasteiger partial charge >= 0.3 is 11.9 Å². The van der Waals surface area contributed by atoms with E-state index >= 15 is 0 Å². The van der Waals surface area contributed by atoms with Crippen molar-refractivity contribution in [1.82, 2.24) is 0 Å². The van der Waals surface area contributed by atoms with Gasteiger partial charge in [0.25, 0.3) is 0 Å². The van der Waals surface area contributed by atoms with Gasteiger partial charge in [0.05, 0.1) is 19.5 Å². The number of carbonyl (C=O) groups excluding carboxylic acids is 1. The van der Waals surface area contributed by atoms with Crippen LogP contribution in [-0.2, 0) is 23.8 Å². The first-order valence-electron chi connectivity index (χ1n) is 3.88. The van der Waals surface area contributed by atoms with Crippen LogP contribution in [0.2, 0.25) is 0 Å². The summed E-state index contributed by atoms with van der Waals surface area (Å²) in [6.07, 6.45) is 1.29. The Labute approximate surface area is 81.1 Å². The van der Waals surface area contributed by atoms with Crippen molar-refractivity contribution >= 4 is 11.9 Å². The Hall–Kier alpha value is -1.56. The van der Waals surface area contributed by atoms with Crippen molar-refractivity contribution in [2.75, 3.05) is 26.4 Å². The summed E-state index contributed by atoms with van der Waals surface area (Å²) in [5, 5.41) is 8.11. The zero-order valence-electron chi connectivity index (χ0n) is 7.60. The minimum absolute atomic E-state index is 0.0841. The van der Waals surface area contributed by atoms with Gasteiger partial charge in [0, 0.05) is 0 Å². The van der Waals surface area contributed by atoms with Crippen LogP contribution >= 0.6 is 0 Å². The molecule has 0 unspecified atom stereocenters. The monoisotopic (exact) mass is 204 g/mol. The van der Waals surface area contributed by atoms with Crippen LogP contribution in [0.25, 0.3) is 0 Å². The van der Waals surface area contributed by atoms with Crippen LogP contribution in [0.1, 0.15) is 0 Å². The van der Waals surface area contributed by atoms with Crippen molar-refractivity contribution in [2.24, 2.45) is 0 Å². The molecular weight excluding hydrogens is 192 g/mol. The fourth-order valence-corrected chi connectivity index (χ4v) is 0.547. The van der Waals surface area contributed by atoms with Crippen molar-refractivity contribution in [3.8, 4) is 0 Å². The van der Waals surface area contributed by atoms with E-state index in [9.17, 15) is 9.59 Å². The molecule has 0 saturated heterocycles. The van der Waals surface area contributed by atoms with Gasteiger partial charge in [-0.25, -0.2) is 9.59 Å². The zero-order chi connectivity index (χ0) is 10.8. The van der Waals surface area contributed by atoms with Gasteiger partial charge in [0.1, 0.15) is 13.2 Å². The second-order valence-corrected chi connectivity index (χ2v) is 2.09. The summed E-state index contributed by atoms with van der Waals surface area (Å²) >= 11 is 0. The smallest absolute Gasteiger partial charge is 0.417 e. The molecule has 0 atom stereocenters. The van der Waals surface area contributed by atoms with Crippen LogP contribution in [0, 0.1) is 0 Å². The van der Waals surface area contributed by atoms with E-state index in [2.05, 4.69) is 11.3 Å². The molecule has 0 aromatic heterocycles. The maximum Gasteiger partial charge on any atom is 0.417 e. The lowest BCUT2D eigenvalue weighted by Crippen LogP contribution is -2.19. The van der Waals surface area contributed by atoms with Crippen molar-refractivity contribution in [3.63, 3.8) is 0 Å². The number of carbonyl (C=O) groups is 2. The lowest BCUT2D eigenvalue weighted by molar-refractivity contribution is -0.164. The molecule has 0 radical (unpaired) electrons. The molecule has 6 nitrogen and oxygen atoms in total. The molecule has 0 spiro atoms. The largest absolute Gasteiger partial charge is 0.499 e. The predicted octanol–water partition coefficient (Wildman–Crippen LogP) is -0.209. The fourth-order valence-electron chi connectivity index (χ4n) is 0.547.